The van der Waals surface area contributed by atoms with Gasteiger partial charge in [0, 0.05) is 17.6 Å². The van der Waals surface area contributed by atoms with Crippen molar-refractivity contribution in [1.82, 2.24) is 9.97 Å². The molecule has 0 amide bonds. The van der Waals surface area contributed by atoms with E-state index in [2.05, 4.69) is 16.0 Å². The zero-order chi connectivity index (χ0) is 15.0. The molecule has 0 atom stereocenters. The van der Waals surface area contributed by atoms with E-state index in [4.69, 9.17) is 22.9 Å². The Labute approximate surface area is 134 Å². The Morgan fingerprint density at radius 3 is 2.95 bits per heavy atom. The molecule has 0 radical (unpaired) electrons. The molecule has 0 fully saturated rings. The number of aromatic nitrogens is 2. The molecule has 6 heteroatoms. The number of thiazole rings is 1. The summed E-state index contributed by atoms with van der Waals surface area (Å²) in [6.45, 7) is 2.81. The second kappa shape index (κ2) is 5.69. The van der Waals surface area contributed by atoms with Gasteiger partial charge in [-0.05, 0) is 37.8 Å². The van der Waals surface area contributed by atoms with E-state index in [9.17, 15) is 0 Å². The van der Waals surface area contributed by atoms with E-state index in [-0.39, 0.29) is 0 Å². The maximum absolute atomic E-state index is 5.90. The summed E-state index contributed by atoms with van der Waals surface area (Å²) in [6, 6.07) is 2.13. The average Bonchev–Trinajstić information content (AvgIpc) is 3.06. The van der Waals surface area contributed by atoms with Crippen molar-refractivity contribution in [3.63, 3.8) is 0 Å². The van der Waals surface area contributed by atoms with Crippen molar-refractivity contribution in [3.8, 4) is 0 Å². The Bertz CT molecular complexity index is 693. The maximum Gasteiger partial charge on any atom is 0.139 e. The molecular weight excluding hydrogens is 300 g/mol. The fourth-order valence-electron chi connectivity index (χ4n) is 2.70. The van der Waals surface area contributed by atoms with Gasteiger partial charge in [-0.15, -0.1) is 11.3 Å². The van der Waals surface area contributed by atoms with Crippen LogP contribution in [-0.2, 0) is 19.4 Å². The topological polar surface area (TPSA) is 55.0 Å². The second-order valence-electron chi connectivity index (χ2n) is 5.40. The van der Waals surface area contributed by atoms with Crippen molar-refractivity contribution in [2.75, 3.05) is 11.9 Å². The molecule has 0 saturated carbocycles. The predicted octanol–water partition coefficient (Wildman–Crippen LogP) is 2.61. The molecule has 4 nitrogen and oxygen atoms in total. The molecule has 0 aromatic carbocycles. The number of nitrogens with two attached hydrogens (primary N) is 1. The molecule has 0 aliphatic heterocycles. The first kappa shape index (κ1) is 14.4. The molecule has 2 aromatic heterocycles. The third-order valence-electron chi connectivity index (χ3n) is 3.88. The minimum Gasteiger partial charge on any atom is -0.389 e. The van der Waals surface area contributed by atoms with Crippen LogP contribution >= 0.6 is 23.6 Å². The van der Waals surface area contributed by atoms with E-state index in [0.717, 1.165) is 36.5 Å². The summed E-state index contributed by atoms with van der Waals surface area (Å²) in [4.78, 5) is 12.9. The van der Waals surface area contributed by atoms with Crippen LogP contribution in [0.15, 0.2) is 11.6 Å². The van der Waals surface area contributed by atoms with Crippen LogP contribution in [-0.4, -0.2) is 22.0 Å². The molecule has 2 heterocycles. The Balaban J connectivity index is 1.96. The zero-order valence-electron chi connectivity index (χ0n) is 12.2. The van der Waals surface area contributed by atoms with Crippen molar-refractivity contribution in [1.29, 1.82) is 0 Å². The Morgan fingerprint density at radius 2 is 2.29 bits per heavy atom. The summed E-state index contributed by atoms with van der Waals surface area (Å²) >= 11 is 6.88. The van der Waals surface area contributed by atoms with Crippen molar-refractivity contribution in [3.05, 3.63) is 39.0 Å². The number of thiocarbonyl (C=S) groups is 1. The highest BCUT2D eigenvalue weighted by atomic mass is 32.1. The molecule has 3 rings (SSSR count). The third kappa shape index (κ3) is 2.78. The van der Waals surface area contributed by atoms with Crippen LogP contribution in [0.25, 0.3) is 0 Å². The van der Waals surface area contributed by atoms with E-state index in [0.29, 0.717) is 4.99 Å². The molecule has 2 N–H and O–H groups in total. The molecule has 1 aliphatic rings. The first-order valence-corrected chi connectivity index (χ1v) is 8.27. The second-order valence-corrected chi connectivity index (χ2v) is 6.78. The fourth-order valence-corrected chi connectivity index (χ4v) is 3.68. The summed E-state index contributed by atoms with van der Waals surface area (Å²) in [7, 11) is 2.03. The van der Waals surface area contributed by atoms with Gasteiger partial charge < -0.3 is 10.6 Å². The molecule has 110 valence electrons. The van der Waals surface area contributed by atoms with Crippen LogP contribution in [0.1, 0.15) is 33.8 Å². The lowest BCUT2D eigenvalue weighted by Crippen LogP contribution is -2.23. The number of fused-ring (bicyclic) bond motifs is 1. The number of hydrogen-bond donors (Lipinski definition) is 1. The van der Waals surface area contributed by atoms with Crippen LogP contribution in [0, 0.1) is 6.92 Å². The monoisotopic (exact) mass is 318 g/mol. The molecule has 0 bridgehead atoms. The number of nitrogens with zero attached hydrogens (tertiary/aromatic N) is 3. The largest absolute Gasteiger partial charge is 0.389 e. The minimum absolute atomic E-state index is 0.417. The van der Waals surface area contributed by atoms with Crippen LogP contribution in [0.4, 0.5) is 5.82 Å². The Kier molecular flexibility index (Phi) is 3.91. The van der Waals surface area contributed by atoms with Crippen LogP contribution in [0.2, 0.25) is 0 Å². The van der Waals surface area contributed by atoms with Gasteiger partial charge in [0.1, 0.15) is 10.8 Å². The van der Waals surface area contributed by atoms with Crippen LogP contribution < -0.4 is 10.6 Å². The van der Waals surface area contributed by atoms with Gasteiger partial charge in [-0.25, -0.2) is 9.97 Å². The van der Waals surface area contributed by atoms with Gasteiger partial charge in [0.25, 0.3) is 0 Å². The Hall–Kier alpha value is -1.53. The highest BCUT2D eigenvalue weighted by Gasteiger charge is 2.20. The normalized spacial score (nSPS) is 13.2. The lowest BCUT2D eigenvalue weighted by molar-refractivity contribution is 0.874. The fraction of sp³-hybridized carbons (Fsp3) is 0.400. The molecule has 0 saturated heterocycles. The number of aryl methyl sites for hydroxylation is 3. The quantitative estimate of drug-likeness (QED) is 0.878. The standard InChI is InChI=1S/C15H18N4S2/c1-9-13(21-8-17-9)7-19(2)15-11(14(16)20)6-10-4-3-5-12(10)18-15/h6,8H,3-5,7H2,1-2H3,(H2,16,20). The predicted molar refractivity (Wildman–Crippen MR) is 91.1 cm³/mol. The van der Waals surface area contributed by atoms with Crippen LogP contribution in [0.3, 0.4) is 0 Å². The van der Waals surface area contributed by atoms with Gasteiger partial charge in [0.15, 0.2) is 0 Å². The van der Waals surface area contributed by atoms with Gasteiger partial charge in [-0.3, -0.25) is 0 Å². The summed E-state index contributed by atoms with van der Waals surface area (Å²) in [5.41, 5.74) is 12.2. The van der Waals surface area contributed by atoms with Gasteiger partial charge in [-0.2, -0.15) is 0 Å². The average molecular weight is 318 g/mol. The van der Waals surface area contributed by atoms with E-state index >= 15 is 0 Å². The summed E-state index contributed by atoms with van der Waals surface area (Å²) in [5.74, 6) is 0.885. The minimum atomic E-state index is 0.417. The van der Waals surface area contributed by atoms with Crippen molar-refractivity contribution < 1.29 is 0 Å². The van der Waals surface area contributed by atoms with E-state index in [1.54, 1.807) is 11.3 Å². The number of pyridine rings is 1. The van der Waals surface area contributed by atoms with Crippen molar-refractivity contribution in [2.45, 2.75) is 32.7 Å². The number of rotatable bonds is 4. The first-order chi connectivity index (χ1) is 10.1. The SMILES string of the molecule is Cc1ncsc1CN(C)c1nc2c(cc1C(N)=S)CCC2. The van der Waals surface area contributed by atoms with E-state index < -0.39 is 0 Å². The van der Waals surface area contributed by atoms with Crippen molar-refractivity contribution >= 4 is 34.4 Å². The van der Waals surface area contributed by atoms with E-state index in [1.807, 2.05) is 19.5 Å². The van der Waals surface area contributed by atoms with Crippen LogP contribution in [0.5, 0.6) is 0 Å². The molecule has 0 unspecified atom stereocenters. The first-order valence-electron chi connectivity index (χ1n) is 6.99. The van der Waals surface area contributed by atoms with E-state index in [1.165, 1.54) is 22.6 Å². The number of hydrogen-bond acceptors (Lipinski definition) is 5. The lowest BCUT2D eigenvalue weighted by atomic mass is 10.1. The van der Waals surface area contributed by atoms with Gasteiger partial charge >= 0.3 is 0 Å². The molecule has 21 heavy (non-hydrogen) atoms. The highest BCUT2D eigenvalue weighted by Crippen LogP contribution is 2.28. The zero-order valence-corrected chi connectivity index (χ0v) is 13.9. The molecule has 0 spiro atoms. The highest BCUT2D eigenvalue weighted by molar-refractivity contribution is 7.80. The van der Waals surface area contributed by atoms with Gasteiger partial charge in [-0.1, -0.05) is 12.2 Å². The summed E-state index contributed by atoms with van der Waals surface area (Å²) in [5, 5.41) is 0. The lowest BCUT2D eigenvalue weighted by Gasteiger charge is -2.21. The third-order valence-corrected chi connectivity index (χ3v) is 5.02. The molecular formula is C15H18N4S2. The smallest absolute Gasteiger partial charge is 0.139 e. The molecule has 1 aliphatic carbocycles. The van der Waals surface area contributed by atoms with Gasteiger partial charge in [0.05, 0.1) is 23.3 Å². The Morgan fingerprint density at radius 1 is 1.48 bits per heavy atom. The number of anilines is 1. The van der Waals surface area contributed by atoms with Crippen molar-refractivity contribution in [2.24, 2.45) is 5.73 Å². The summed E-state index contributed by atoms with van der Waals surface area (Å²) < 4.78 is 0. The molecule has 2 aromatic rings. The summed E-state index contributed by atoms with van der Waals surface area (Å²) in [6.07, 6.45) is 3.30. The maximum atomic E-state index is 5.90. The van der Waals surface area contributed by atoms with Gasteiger partial charge in [0.2, 0.25) is 0 Å².